The van der Waals surface area contributed by atoms with Gasteiger partial charge in [-0.1, -0.05) is 25.6 Å². The van der Waals surface area contributed by atoms with Crippen LogP contribution in [0, 0.1) is 5.92 Å². The molecule has 17 heavy (non-hydrogen) atoms. The van der Waals surface area contributed by atoms with Crippen LogP contribution in [-0.4, -0.2) is 21.4 Å². The van der Waals surface area contributed by atoms with Gasteiger partial charge in [0, 0.05) is 24.1 Å². The van der Waals surface area contributed by atoms with E-state index in [1.54, 1.807) is 18.5 Å². The van der Waals surface area contributed by atoms with E-state index >= 15 is 0 Å². The molecular formula is C11H15F3N2S. The summed E-state index contributed by atoms with van der Waals surface area (Å²) in [6.07, 6.45) is -1.40. The molecule has 0 radical (unpaired) electrons. The van der Waals surface area contributed by atoms with Gasteiger partial charge in [-0.25, -0.2) is 9.97 Å². The van der Waals surface area contributed by atoms with E-state index in [2.05, 4.69) is 9.97 Å². The lowest BCUT2D eigenvalue weighted by Crippen LogP contribution is -2.15. The fourth-order valence-electron chi connectivity index (χ4n) is 1.25. The summed E-state index contributed by atoms with van der Waals surface area (Å²) in [6.45, 7) is 3.73. The number of rotatable bonds is 5. The summed E-state index contributed by atoms with van der Waals surface area (Å²) >= 11 is 1.41. The highest BCUT2D eigenvalue weighted by atomic mass is 32.2. The maximum absolute atomic E-state index is 12.1. The predicted molar refractivity (Wildman–Crippen MR) is 61.8 cm³/mol. The molecule has 1 aromatic heterocycles. The van der Waals surface area contributed by atoms with Crippen molar-refractivity contribution in [3.8, 4) is 0 Å². The summed E-state index contributed by atoms with van der Waals surface area (Å²) in [4.78, 5) is 8.08. The average Bonchev–Trinajstić information content (AvgIpc) is 2.26. The number of aromatic nitrogens is 2. The number of halogens is 3. The Morgan fingerprint density at radius 3 is 2.35 bits per heavy atom. The SMILES string of the molecule is C[C@@H](CCC(F)(F)F)[C@@H](C)Sc1ncccn1. The molecule has 2 nitrogen and oxygen atoms in total. The molecule has 0 bridgehead atoms. The number of nitrogens with zero attached hydrogens (tertiary/aromatic N) is 2. The van der Waals surface area contributed by atoms with Gasteiger partial charge in [0.2, 0.25) is 0 Å². The van der Waals surface area contributed by atoms with E-state index in [-0.39, 0.29) is 17.6 Å². The zero-order chi connectivity index (χ0) is 12.9. The van der Waals surface area contributed by atoms with Gasteiger partial charge in [-0.05, 0) is 18.4 Å². The molecule has 6 heteroatoms. The summed E-state index contributed by atoms with van der Waals surface area (Å²) in [5, 5.41) is 0.679. The first-order valence-corrected chi connectivity index (χ1v) is 6.27. The molecule has 0 saturated heterocycles. The molecule has 0 N–H and O–H groups in total. The zero-order valence-electron chi connectivity index (χ0n) is 9.74. The third-order valence-corrected chi connectivity index (χ3v) is 3.78. The van der Waals surface area contributed by atoms with Gasteiger partial charge in [0.1, 0.15) is 0 Å². The Kier molecular flexibility index (Phi) is 5.24. The molecular weight excluding hydrogens is 249 g/mol. The maximum atomic E-state index is 12.1. The minimum absolute atomic E-state index is 0.0227. The molecule has 0 unspecified atom stereocenters. The van der Waals surface area contributed by atoms with Crippen LogP contribution < -0.4 is 0 Å². The second-order valence-electron chi connectivity index (χ2n) is 3.99. The van der Waals surface area contributed by atoms with Crippen LogP contribution >= 0.6 is 11.8 Å². The standard InChI is InChI=1S/C11H15F3N2S/c1-8(4-5-11(12,13)14)9(2)17-10-15-6-3-7-16-10/h3,6-9H,4-5H2,1-2H3/t8-,9+/m0/s1. The zero-order valence-corrected chi connectivity index (χ0v) is 10.6. The van der Waals surface area contributed by atoms with E-state index in [9.17, 15) is 13.2 Å². The van der Waals surface area contributed by atoms with Crippen LogP contribution in [0.5, 0.6) is 0 Å². The van der Waals surface area contributed by atoms with Crippen LogP contribution in [0.15, 0.2) is 23.6 Å². The highest BCUT2D eigenvalue weighted by Crippen LogP contribution is 2.30. The van der Waals surface area contributed by atoms with Gasteiger partial charge in [-0.3, -0.25) is 0 Å². The molecule has 0 aromatic carbocycles. The van der Waals surface area contributed by atoms with E-state index in [1.807, 2.05) is 13.8 Å². The molecule has 2 atom stereocenters. The quantitative estimate of drug-likeness (QED) is 0.595. The largest absolute Gasteiger partial charge is 0.389 e. The van der Waals surface area contributed by atoms with E-state index in [0.29, 0.717) is 5.16 Å². The molecule has 1 rings (SSSR count). The monoisotopic (exact) mass is 264 g/mol. The molecule has 0 spiro atoms. The summed E-state index contributed by atoms with van der Waals surface area (Å²) in [7, 11) is 0. The minimum Gasteiger partial charge on any atom is -0.231 e. The molecule has 0 aliphatic heterocycles. The molecule has 1 aromatic rings. The van der Waals surface area contributed by atoms with Gasteiger partial charge in [0.25, 0.3) is 0 Å². The number of thioether (sulfide) groups is 1. The van der Waals surface area contributed by atoms with Crippen LogP contribution in [0.25, 0.3) is 0 Å². The second kappa shape index (κ2) is 6.23. The molecule has 0 amide bonds. The Hall–Kier alpha value is -0.780. The Bertz CT molecular complexity index is 329. The van der Waals surface area contributed by atoms with E-state index in [1.165, 1.54) is 11.8 Å². The van der Waals surface area contributed by atoms with Crippen LogP contribution in [0.3, 0.4) is 0 Å². The molecule has 1 heterocycles. The summed E-state index contributed by atoms with van der Waals surface area (Å²) in [6, 6.07) is 1.71. The summed E-state index contributed by atoms with van der Waals surface area (Å²) in [5.74, 6) is -0.0227. The normalized spacial score (nSPS) is 15.6. The lowest BCUT2D eigenvalue weighted by Gasteiger charge is -2.19. The first-order valence-electron chi connectivity index (χ1n) is 5.39. The Morgan fingerprint density at radius 2 is 1.82 bits per heavy atom. The molecule has 96 valence electrons. The van der Waals surface area contributed by atoms with Crippen molar-refractivity contribution in [3.05, 3.63) is 18.5 Å². The van der Waals surface area contributed by atoms with Gasteiger partial charge in [0.05, 0.1) is 0 Å². The van der Waals surface area contributed by atoms with Crippen molar-refractivity contribution >= 4 is 11.8 Å². The van der Waals surface area contributed by atoms with Gasteiger partial charge >= 0.3 is 6.18 Å². The van der Waals surface area contributed by atoms with Crippen molar-refractivity contribution in [3.63, 3.8) is 0 Å². The highest BCUT2D eigenvalue weighted by Gasteiger charge is 2.28. The van der Waals surface area contributed by atoms with Gasteiger partial charge < -0.3 is 0 Å². The predicted octanol–water partition coefficient (Wildman–Crippen LogP) is 3.94. The van der Waals surface area contributed by atoms with E-state index < -0.39 is 12.6 Å². The molecule has 0 aliphatic rings. The lowest BCUT2D eigenvalue weighted by atomic mass is 10.0. The second-order valence-corrected chi connectivity index (χ2v) is 5.33. The topological polar surface area (TPSA) is 25.8 Å². The van der Waals surface area contributed by atoms with E-state index in [4.69, 9.17) is 0 Å². The van der Waals surface area contributed by atoms with Crippen molar-refractivity contribution in [2.24, 2.45) is 5.92 Å². The smallest absolute Gasteiger partial charge is 0.231 e. The fraction of sp³-hybridized carbons (Fsp3) is 0.636. The first kappa shape index (κ1) is 14.3. The van der Waals surface area contributed by atoms with Crippen molar-refractivity contribution in [1.29, 1.82) is 0 Å². The molecule has 0 aliphatic carbocycles. The van der Waals surface area contributed by atoms with Crippen molar-refractivity contribution < 1.29 is 13.2 Å². The van der Waals surface area contributed by atoms with E-state index in [0.717, 1.165) is 0 Å². The van der Waals surface area contributed by atoms with Crippen LogP contribution in [-0.2, 0) is 0 Å². The average molecular weight is 264 g/mol. The Morgan fingerprint density at radius 1 is 1.24 bits per heavy atom. The number of hydrogen-bond acceptors (Lipinski definition) is 3. The first-order chi connectivity index (χ1) is 7.88. The van der Waals surface area contributed by atoms with Crippen molar-refractivity contribution in [2.45, 2.75) is 43.3 Å². The highest BCUT2D eigenvalue weighted by molar-refractivity contribution is 7.99. The van der Waals surface area contributed by atoms with Crippen molar-refractivity contribution in [1.82, 2.24) is 9.97 Å². The maximum Gasteiger partial charge on any atom is 0.389 e. The Labute approximate surface area is 103 Å². The summed E-state index contributed by atoms with van der Waals surface area (Å²) in [5.41, 5.74) is 0. The van der Waals surface area contributed by atoms with Gasteiger partial charge in [0.15, 0.2) is 5.16 Å². The third kappa shape index (κ3) is 5.91. The van der Waals surface area contributed by atoms with Crippen LogP contribution in [0.1, 0.15) is 26.7 Å². The van der Waals surface area contributed by atoms with Crippen LogP contribution in [0.4, 0.5) is 13.2 Å². The number of alkyl halides is 3. The van der Waals surface area contributed by atoms with Gasteiger partial charge in [-0.15, -0.1) is 0 Å². The number of hydrogen-bond donors (Lipinski definition) is 0. The molecule has 0 saturated carbocycles. The lowest BCUT2D eigenvalue weighted by molar-refractivity contribution is -0.137. The fourth-order valence-corrected chi connectivity index (χ4v) is 2.20. The van der Waals surface area contributed by atoms with Gasteiger partial charge in [-0.2, -0.15) is 13.2 Å². The Balaban J connectivity index is 2.40. The molecule has 0 fully saturated rings. The van der Waals surface area contributed by atoms with Crippen LogP contribution in [0.2, 0.25) is 0 Å². The third-order valence-electron chi connectivity index (χ3n) is 2.52. The summed E-state index contributed by atoms with van der Waals surface area (Å²) < 4.78 is 36.2. The van der Waals surface area contributed by atoms with Crippen molar-refractivity contribution in [2.75, 3.05) is 0 Å². The minimum atomic E-state index is -4.07.